The van der Waals surface area contributed by atoms with Crippen LogP contribution in [0.4, 0.5) is 0 Å². The molecule has 0 aliphatic heterocycles. The van der Waals surface area contributed by atoms with E-state index in [0.717, 1.165) is 37.7 Å². The summed E-state index contributed by atoms with van der Waals surface area (Å²) >= 11 is 0. The van der Waals surface area contributed by atoms with Gasteiger partial charge in [0, 0.05) is 0 Å². The third kappa shape index (κ3) is 5.75. The van der Waals surface area contributed by atoms with Gasteiger partial charge < -0.3 is 10.2 Å². The lowest BCUT2D eigenvalue weighted by atomic mass is 9.69. The van der Waals surface area contributed by atoms with E-state index in [1.54, 1.807) is 0 Å². The first-order valence-corrected chi connectivity index (χ1v) is 11.4. The topological polar surface area (TPSA) is 57.5 Å². The van der Waals surface area contributed by atoms with E-state index in [2.05, 4.69) is 39.8 Å². The largest absolute Gasteiger partial charge is 0.508 e. The molecular formula is C25H40O3. The second-order valence-electron chi connectivity index (χ2n) is 9.47. The highest BCUT2D eigenvalue weighted by atomic mass is 16.4. The number of phenolic OH excluding ortho intramolecular Hbond substituents is 1. The van der Waals surface area contributed by atoms with Crippen molar-refractivity contribution in [1.82, 2.24) is 0 Å². The number of carboxylic acid groups (broad SMARTS) is 1. The van der Waals surface area contributed by atoms with E-state index in [-0.39, 0.29) is 17.3 Å². The second-order valence-corrected chi connectivity index (χ2v) is 9.47. The van der Waals surface area contributed by atoms with Crippen molar-refractivity contribution in [3.8, 4) is 5.75 Å². The van der Waals surface area contributed by atoms with E-state index in [9.17, 15) is 15.0 Å². The smallest absolute Gasteiger partial charge is 0.306 e. The average molecular weight is 389 g/mol. The van der Waals surface area contributed by atoms with Gasteiger partial charge in [-0.15, -0.1) is 0 Å². The van der Waals surface area contributed by atoms with Crippen molar-refractivity contribution in [2.75, 3.05) is 0 Å². The van der Waals surface area contributed by atoms with Gasteiger partial charge in [0.2, 0.25) is 0 Å². The van der Waals surface area contributed by atoms with Gasteiger partial charge in [-0.2, -0.15) is 0 Å². The van der Waals surface area contributed by atoms with E-state index in [1.165, 1.54) is 31.2 Å². The Morgan fingerprint density at radius 2 is 1.86 bits per heavy atom. The molecule has 0 spiro atoms. The Hall–Kier alpha value is -1.51. The fourth-order valence-electron chi connectivity index (χ4n) is 4.97. The lowest BCUT2D eigenvalue weighted by Crippen LogP contribution is -2.28. The van der Waals surface area contributed by atoms with E-state index in [4.69, 9.17) is 0 Å². The highest BCUT2D eigenvalue weighted by Crippen LogP contribution is 2.46. The van der Waals surface area contributed by atoms with Crippen molar-refractivity contribution in [3.63, 3.8) is 0 Å². The van der Waals surface area contributed by atoms with Crippen LogP contribution in [0.2, 0.25) is 0 Å². The van der Waals surface area contributed by atoms with Crippen LogP contribution in [-0.4, -0.2) is 16.2 Å². The lowest BCUT2D eigenvalue weighted by molar-refractivity contribution is -0.143. The van der Waals surface area contributed by atoms with Gasteiger partial charge in [0.05, 0.1) is 5.92 Å². The molecule has 3 atom stereocenters. The van der Waals surface area contributed by atoms with E-state index in [1.807, 2.05) is 6.07 Å². The number of unbranched alkanes of at least 4 members (excludes halogenated alkanes) is 3. The highest BCUT2D eigenvalue weighted by Gasteiger charge is 2.35. The first-order chi connectivity index (χ1) is 13.3. The molecule has 1 saturated carbocycles. The molecule has 0 unspecified atom stereocenters. The molecule has 1 aromatic carbocycles. The van der Waals surface area contributed by atoms with E-state index >= 15 is 0 Å². The summed E-state index contributed by atoms with van der Waals surface area (Å²) in [6.07, 6.45) is 10.7. The monoisotopic (exact) mass is 388 g/mol. The fraction of sp³-hybridized carbons (Fsp3) is 0.720. The number of benzene rings is 1. The van der Waals surface area contributed by atoms with Crippen molar-refractivity contribution in [3.05, 3.63) is 29.3 Å². The summed E-state index contributed by atoms with van der Waals surface area (Å²) in [7, 11) is 0. The highest BCUT2D eigenvalue weighted by molar-refractivity contribution is 5.70. The number of carboxylic acids is 1. The quantitative estimate of drug-likeness (QED) is 0.423. The summed E-state index contributed by atoms with van der Waals surface area (Å²) in [5, 5.41) is 20.4. The minimum atomic E-state index is -0.690. The second kappa shape index (κ2) is 10.3. The fourth-order valence-corrected chi connectivity index (χ4v) is 4.97. The lowest BCUT2D eigenvalue weighted by Gasteiger charge is -2.36. The summed E-state index contributed by atoms with van der Waals surface area (Å²) in [6, 6.07) is 6.20. The van der Waals surface area contributed by atoms with Gasteiger partial charge in [-0.25, -0.2) is 0 Å². The van der Waals surface area contributed by atoms with Gasteiger partial charge in [0.25, 0.3) is 0 Å². The van der Waals surface area contributed by atoms with Crippen LogP contribution in [0.25, 0.3) is 0 Å². The predicted molar refractivity (Wildman–Crippen MR) is 116 cm³/mol. The number of rotatable bonds is 10. The molecule has 0 amide bonds. The van der Waals surface area contributed by atoms with Crippen molar-refractivity contribution >= 4 is 5.97 Å². The maximum absolute atomic E-state index is 11.6. The molecule has 1 aliphatic rings. The maximum atomic E-state index is 11.6. The molecule has 3 nitrogen and oxygen atoms in total. The Morgan fingerprint density at radius 1 is 1.11 bits per heavy atom. The van der Waals surface area contributed by atoms with E-state index < -0.39 is 5.97 Å². The van der Waals surface area contributed by atoms with Crippen molar-refractivity contribution in [2.45, 2.75) is 103 Å². The molecule has 158 valence electrons. The number of aliphatic carboxylic acids is 1. The summed E-state index contributed by atoms with van der Waals surface area (Å²) in [5.41, 5.74) is 2.18. The van der Waals surface area contributed by atoms with Gasteiger partial charge in [0.15, 0.2) is 0 Å². The molecule has 1 aromatic rings. The number of phenols is 1. The summed E-state index contributed by atoms with van der Waals surface area (Å²) in [5.74, 6) is 0.00339. The van der Waals surface area contributed by atoms with Crippen LogP contribution in [0.15, 0.2) is 18.2 Å². The van der Waals surface area contributed by atoms with Crippen LogP contribution in [-0.2, 0) is 10.2 Å². The van der Waals surface area contributed by atoms with Crippen LogP contribution < -0.4 is 0 Å². The Balaban J connectivity index is 2.19. The number of hydrogen-bond acceptors (Lipinski definition) is 2. The third-order valence-corrected chi connectivity index (χ3v) is 6.87. The van der Waals surface area contributed by atoms with Gasteiger partial charge in [0.1, 0.15) is 5.75 Å². The minimum absolute atomic E-state index is 0.0444. The number of carbonyl (C=O) groups is 1. The maximum Gasteiger partial charge on any atom is 0.306 e. The Labute approximate surface area is 171 Å². The normalized spacial score (nSPS) is 22.9. The predicted octanol–water partition coefficient (Wildman–Crippen LogP) is 7.02. The molecule has 2 N–H and O–H groups in total. The Kier molecular flexibility index (Phi) is 8.39. The third-order valence-electron chi connectivity index (χ3n) is 6.87. The molecule has 0 aromatic heterocycles. The van der Waals surface area contributed by atoms with Crippen LogP contribution in [0.1, 0.15) is 109 Å². The molecule has 1 aliphatic carbocycles. The van der Waals surface area contributed by atoms with Gasteiger partial charge >= 0.3 is 5.97 Å². The molecular weight excluding hydrogens is 348 g/mol. The van der Waals surface area contributed by atoms with Gasteiger partial charge in [-0.05, 0) is 60.1 Å². The molecule has 0 saturated heterocycles. The molecule has 2 rings (SSSR count). The van der Waals surface area contributed by atoms with Crippen LogP contribution in [0.3, 0.4) is 0 Å². The first kappa shape index (κ1) is 22.8. The minimum Gasteiger partial charge on any atom is -0.508 e. The van der Waals surface area contributed by atoms with Gasteiger partial charge in [-0.1, -0.05) is 78.4 Å². The SMILES string of the molecule is CCCCCCC(C)(C)c1ccc([C@@H]2C[C@H](C(=O)O)CC[C@H]2CCC)c(O)c1. The summed E-state index contributed by atoms with van der Waals surface area (Å²) in [4.78, 5) is 11.6. The zero-order valence-corrected chi connectivity index (χ0v) is 18.3. The zero-order chi connectivity index (χ0) is 20.7. The number of hydrogen-bond donors (Lipinski definition) is 2. The Morgan fingerprint density at radius 3 is 2.46 bits per heavy atom. The zero-order valence-electron chi connectivity index (χ0n) is 18.3. The van der Waals surface area contributed by atoms with Crippen LogP contribution >= 0.6 is 0 Å². The molecule has 28 heavy (non-hydrogen) atoms. The summed E-state index contributed by atoms with van der Waals surface area (Å²) in [6.45, 7) is 8.93. The molecule has 1 fully saturated rings. The first-order valence-electron chi connectivity index (χ1n) is 11.4. The Bertz CT molecular complexity index is 635. The number of aromatic hydroxyl groups is 1. The van der Waals surface area contributed by atoms with Crippen LogP contribution in [0, 0.1) is 11.8 Å². The standard InChI is InChI=1S/C25H40O3/c1-5-7-8-9-15-25(3,4)20-13-14-21(23(26)17-20)22-16-19(24(27)28)12-11-18(22)10-6-2/h13-14,17-19,22,26H,5-12,15-16H2,1-4H3,(H,27,28)/t18-,19-,22-/m1/s1. The molecule has 3 heteroatoms. The van der Waals surface area contributed by atoms with Crippen molar-refractivity contribution in [1.29, 1.82) is 0 Å². The average Bonchev–Trinajstić information content (AvgIpc) is 2.66. The van der Waals surface area contributed by atoms with Crippen molar-refractivity contribution in [2.24, 2.45) is 11.8 Å². The van der Waals surface area contributed by atoms with Crippen molar-refractivity contribution < 1.29 is 15.0 Å². The van der Waals surface area contributed by atoms with Crippen LogP contribution in [0.5, 0.6) is 5.75 Å². The molecule has 0 radical (unpaired) electrons. The summed E-state index contributed by atoms with van der Waals surface area (Å²) < 4.78 is 0. The molecule has 0 bridgehead atoms. The van der Waals surface area contributed by atoms with Gasteiger partial charge in [-0.3, -0.25) is 4.79 Å². The molecule has 0 heterocycles. The van der Waals surface area contributed by atoms with E-state index in [0.29, 0.717) is 18.1 Å².